The van der Waals surface area contributed by atoms with Crippen LogP contribution in [0, 0.1) is 12.7 Å². The molecule has 0 atom stereocenters. The maximum absolute atomic E-state index is 13.6. The lowest BCUT2D eigenvalue weighted by molar-refractivity contribution is 0.575. The maximum atomic E-state index is 13.6. The minimum absolute atomic E-state index is 0.164. The Kier molecular flexibility index (Phi) is 1.86. The van der Waals surface area contributed by atoms with Crippen molar-refractivity contribution < 1.29 is 4.39 Å². The zero-order chi connectivity index (χ0) is 9.64. The summed E-state index contributed by atoms with van der Waals surface area (Å²) in [4.78, 5) is 0. The molecule has 1 aromatic carbocycles. The van der Waals surface area contributed by atoms with Crippen LogP contribution in [-0.2, 0) is 5.54 Å². The first kappa shape index (κ1) is 8.97. The van der Waals surface area contributed by atoms with Gasteiger partial charge in [-0.05, 0) is 31.4 Å². The molecular formula is C10H11ClFN. The van der Waals surface area contributed by atoms with Crippen molar-refractivity contribution in [3.63, 3.8) is 0 Å². The fraction of sp³-hybridized carbons (Fsp3) is 0.400. The molecule has 13 heavy (non-hydrogen) atoms. The molecule has 0 spiro atoms. The quantitative estimate of drug-likeness (QED) is 0.740. The van der Waals surface area contributed by atoms with Gasteiger partial charge in [-0.1, -0.05) is 17.7 Å². The molecule has 1 aromatic rings. The number of aryl methyl sites for hydroxylation is 1. The van der Waals surface area contributed by atoms with Crippen LogP contribution >= 0.6 is 11.6 Å². The molecule has 1 aliphatic rings. The van der Waals surface area contributed by atoms with Crippen LogP contribution in [0.3, 0.4) is 0 Å². The lowest BCUT2D eigenvalue weighted by Gasteiger charge is -2.14. The molecule has 70 valence electrons. The summed E-state index contributed by atoms with van der Waals surface area (Å²) < 4.78 is 13.6. The highest BCUT2D eigenvalue weighted by atomic mass is 35.5. The first-order valence-corrected chi connectivity index (χ1v) is 4.66. The van der Waals surface area contributed by atoms with E-state index >= 15 is 0 Å². The van der Waals surface area contributed by atoms with Gasteiger partial charge >= 0.3 is 0 Å². The SMILES string of the molecule is Cc1ccc(Cl)c(F)c1C1(N)CC1. The number of nitrogens with two attached hydrogens (primary N) is 1. The van der Waals surface area contributed by atoms with E-state index in [1.165, 1.54) is 0 Å². The highest BCUT2D eigenvalue weighted by molar-refractivity contribution is 6.30. The molecule has 1 nitrogen and oxygen atoms in total. The van der Waals surface area contributed by atoms with Gasteiger partial charge < -0.3 is 5.73 Å². The molecule has 2 N–H and O–H groups in total. The summed E-state index contributed by atoms with van der Waals surface area (Å²) in [6.45, 7) is 1.86. The Hall–Kier alpha value is -0.600. The van der Waals surface area contributed by atoms with E-state index in [0.717, 1.165) is 18.4 Å². The topological polar surface area (TPSA) is 26.0 Å². The van der Waals surface area contributed by atoms with Crippen molar-refractivity contribution in [2.24, 2.45) is 5.73 Å². The van der Waals surface area contributed by atoms with Crippen LogP contribution in [0.2, 0.25) is 5.02 Å². The molecule has 1 saturated carbocycles. The van der Waals surface area contributed by atoms with E-state index in [4.69, 9.17) is 17.3 Å². The van der Waals surface area contributed by atoms with Crippen LogP contribution in [0.15, 0.2) is 12.1 Å². The summed E-state index contributed by atoms with van der Waals surface area (Å²) >= 11 is 5.69. The van der Waals surface area contributed by atoms with E-state index in [0.29, 0.717) is 5.56 Å². The van der Waals surface area contributed by atoms with Crippen LogP contribution in [0.25, 0.3) is 0 Å². The van der Waals surface area contributed by atoms with Crippen molar-refractivity contribution in [1.29, 1.82) is 0 Å². The summed E-state index contributed by atoms with van der Waals surface area (Å²) in [6.07, 6.45) is 1.70. The number of hydrogen-bond acceptors (Lipinski definition) is 1. The van der Waals surface area contributed by atoms with E-state index < -0.39 is 5.54 Å². The normalized spacial score (nSPS) is 18.8. The zero-order valence-corrected chi connectivity index (χ0v) is 8.16. The van der Waals surface area contributed by atoms with Gasteiger partial charge in [0.1, 0.15) is 5.82 Å². The van der Waals surface area contributed by atoms with Gasteiger partial charge in [-0.15, -0.1) is 0 Å². The average Bonchev–Trinajstić information content (AvgIpc) is 2.78. The van der Waals surface area contributed by atoms with Crippen molar-refractivity contribution in [3.05, 3.63) is 34.1 Å². The Morgan fingerprint density at radius 2 is 2.08 bits per heavy atom. The van der Waals surface area contributed by atoms with Crippen molar-refractivity contribution >= 4 is 11.6 Å². The molecule has 1 aliphatic carbocycles. The van der Waals surface area contributed by atoms with Gasteiger partial charge in [0.25, 0.3) is 0 Å². The number of benzene rings is 1. The molecule has 0 heterocycles. The molecular weight excluding hydrogens is 189 g/mol. The smallest absolute Gasteiger partial charge is 0.147 e. The van der Waals surface area contributed by atoms with Gasteiger partial charge in [0.15, 0.2) is 0 Å². The van der Waals surface area contributed by atoms with Crippen molar-refractivity contribution in [2.45, 2.75) is 25.3 Å². The maximum Gasteiger partial charge on any atom is 0.147 e. The lowest BCUT2D eigenvalue weighted by Crippen LogP contribution is -2.22. The number of hydrogen-bond donors (Lipinski definition) is 1. The Balaban J connectivity index is 2.61. The van der Waals surface area contributed by atoms with Gasteiger partial charge in [-0.3, -0.25) is 0 Å². The summed E-state index contributed by atoms with van der Waals surface area (Å²) in [7, 11) is 0. The number of halogens is 2. The van der Waals surface area contributed by atoms with Crippen molar-refractivity contribution in [1.82, 2.24) is 0 Å². The van der Waals surface area contributed by atoms with Gasteiger partial charge in [-0.25, -0.2) is 4.39 Å². The fourth-order valence-electron chi connectivity index (χ4n) is 1.64. The Morgan fingerprint density at radius 3 is 2.62 bits per heavy atom. The third-order valence-electron chi connectivity index (χ3n) is 2.59. The summed E-state index contributed by atoms with van der Waals surface area (Å²) in [5.74, 6) is -0.346. The Bertz CT molecular complexity index is 358. The second kappa shape index (κ2) is 2.69. The van der Waals surface area contributed by atoms with E-state index in [2.05, 4.69) is 0 Å². The zero-order valence-electron chi connectivity index (χ0n) is 7.40. The molecule has 1 fully saturated rings. The standard InChI is InChI=1S/C10H11ClFN/c1-6-2-3-7(11)9(12)8(6)10(13)4-5-10/h2-3H,4-5,13H2,1H3. The average molecular weight is 200 g/mol. The molecule has 0 bridgehead atoms. The van der Waals surface area contributed by atoms with Crippen LogP contribution in [-0.4, -0.2) is 0 Å². The molecule has 0 saturated heterocycles. The minimum atomic E-state index is -0.445. The van der Waals surface area contributed by atoms with Gasteiger partial charge in [-0.2, -0.15) is 0 Å². The van der Waals surface area contributed by atoms with E-state index in [1.807, 2.05) is 13.0 Å². The summed E-state index contributed by atoms with van der Waals surface area (Å²) in [6, 6.07) is 3.38. The van der Waals surface area contributed by atoms with E-state index in [9.17, 15) is 4.39 Å². The largest absolute Gasteiger partial charge is 0.321 e. The number of rotatable bonds is 1. The monoisotopic (exact) mass is 199 g/mol. The lowest BCUT2D eigenvalue weighted by atomic mass is 9.99. The van der Waals surface area contributed by atoms with E-state index in [-0.39, 0.29) is 10.8 Å². The summed E-state index contributed by atoms with van der Waals surface area (Å²) in [5.41, 5.74) is 6.98. The predicted molar refractivity (Wildman–Crippen MR) is 51.2 cm³/mol. The fourth-order valence-corrected chi connectivity index (χ4v) is 1.80. The highest BCUT2D eigenvalue weighted by Gasteiger charge is 2.43. The van der Waals surface area contributed by atoms with Gasteiger partial charge in [0.05, 0.1) is 5.02 Å². The second-order valence-electron chi connectivity index (χ2n) is 3.71. The molecule has 0 unspecified atom stereocenters. The molecule has 0 aliphatic heterocycles. The van der Waals surface area contributed by atoms with Gasteiger partial charge in [0.2, 0.25) is 0 Å². The van der Waals surface area contributed by atoms with Crippen molar-refractivity contribution in [2.75, 3.05) is 0 Å². The third-order valence-corrected chi connectivity index (χ3v) is 2.88. The highest BCUT2D eigenvalue weighted by Crippen LogP contribution is 2.46. The van der Waals surface area contributed by atoms with Crippen LogP contribution < -0.4 is 5.73 Å². The molecule has 0 amide bonds. The minimum Gasteiger partial charge on any atom is -0.321 e. The first-order valence-electron chi connectivity index (χ1n) is 4.28. The molecule has 2 rings (SSSR count). The summed E-state index contributed by atoms with van der Waals surface area (Å²) in [5, 5.41) is 0.164. The molecule has 3 heteroatoms. The van der Waals surface area contributed by atoms with Gasteiger partial charge in [0, 0.05) is 11.1 Å². The molecule has 0 aromatic heterocycles. The molecule has 0 radical (unpaired) electrons. The predicted octanol–water partition coefficient (Wildman–Crippen LogP) is 2.74. The van der Waals surface area contributed by atoms with Crippen LogP contribution in [0.1, 0.15) is 24.0 Å². The Morgan fingerprint density at radius 1 is 1.46 bits per heavy atom. The van der Waals surface area contributed by atoms with Crippen molar-refractivity contribution in [3.8, 4) is 0 Å². The second-order valence-corrected chi connectivity index (χ2v) is 4.12. The third kappa shape index (κ3) is 1.34. The van der Waals surface area contributed by atoms with E-state index in [1.54, 1.807) is 6.07 Å². The van der Waals surface area contributed by atoms with Crippen LogP contribution in [0.5, 0.6) is 0 Å². The first-order chi connectivity index (χ1) is 6.04. The Labute approximate surface area is 81.7 Å². The van der Waals surface area contributed by atoms with Crippen LogP contribution in [0.4, 0.5) is 4.39 Å².